The minimum Gasteiger partial charge on any atom is -0.448 e. The van der Waals surface area contributed by atoms with Crippen LogP contribution in [0.25, 0.3) is 0 Å². The zero-order valence-electron chi connectivity index (χ0n) is 8.32. The van der Waals surface area contributed by atoms with Crippen LogP contribution in [-0.2, 0) is 4.74 Å². The first kappa shape index (κ1) is 9.73. The van der Waals surface area contributed by atoms with Gasteiger partial charge in [-0.05, 0) is 13.0 Å². The van der Waals surface area contributed by atoms with E-state index in [1.807, 2.05) is 0 Å². The molecule has 5 nitrogen and oxygen atoms in total. The van der Waals surface area contributed by atoms with E-state index < -0.39 is 0 Å². The lowest BCUT2D eigenvalue weighted by molar-refractivity contribution is 0.155. The molecule has 5 heteroatoms. The summed E-state index contributed by atoms with van der Waals surface area (Å²) in [5.41, 5.74) is 5.79. The Morgan fingerprint density at radius 2 is 2.29 bits per heavy atom. The molecule has 2 rings (SSSR count). The molecule has 0 unspecified atom stereocenters. The first-order chi connectivity index (χ1) is 6.75. The van der Waals surface area contributed by atoms with Crippen LogP contribution in [0.2, 0.25) is 0 Å². The van der Waals surface area contributed by atoms with Gasteiger partial charge < -0.3 is 15.4 Å². The maximum absolute atomic E-state index is 11.1. The predicted octanol–water partition coefficient (Wildman–Crippen LogP) is -0.528. The molecular weight excluding hydrogens is 182 g/mol. The van der Waals surface area contributed by atoms with E-state index in [9.17, 15) is 4.79 Å². The van der Waals surface area contributed by atoms with Crippen LogP contribution in [0.5, 0.6) is 0 Å². The summed E-state index contributed by atoms with van der Waals surface area (Å²) in [6.45, 7) is 4.98. The van der Waals surface area contributed by atoms with Crippen molar-refractivity contribution in [2.24, 2.45) is 5.73 Å². The average Bonchev–Trinajstić information content (AvgIpc) is 2.72. The number of hydrogen-bond donors (Lipinski definition) is 1. The van der Waals surface area contributed by atoms with Crippen LogP contribution in [0.15, 0.2) is 0 Å². The van der Waals surface area contributed by atoms with Crippen LogP contribution in [0.4, 0.5) is 4.79 Å². The Kier molecular flexibility index (Phi) is 2.88. The second-order valence-electron chi connectivity index (χ2n) is 3.95. The van der Waals surface area contributed by atoms with Crippen LogP contribution >= 0.6 is 0 Å². The summed E-state index contributed by atoms with van der Waals surface area (Å²) in [5.74, 6) is 0. The van der Waals surface area contributed by atoms with Crippen molar-refractivity contribution in [3.8, 4) is 0 Å². The number of nitrogens with two attached hydrogens (primary N) is 1. The first-order valence-electron chi connectivity index (χ1n) is 5.15. The summed E-state index contributed by atoms with van der Waals surface area (Å²) in [6.07, 6.45) is 0.901. The zero-order chi connectivity index (χ0) is 9.97. The highest BCUT2D eigenvalue weighted by atomic mass is 16.6. The number of cyclic esters (lactones) is 1. The lowest BCUT2D eigenvalue weighted by Gasteiger charge is -2.19. The Bertz CT molecular complexity index is 222. The van der Waals surface area contributed by atoms with E-state index in [0.29, 0.717) is 12.6 Å². The maximum Gasteiger partial charge on any atom is 0.409 e. The molecule has 2 aliphatic rings. The van der Waals surface area contributed by atoms with Gasteiger partial charge in [0.1, 0.15) is 6.61 Å². The van der Waals surface area contributed by atoms with Crippen molar-refractivity contribution in [1.29, 1.82) is 0 Å². The van der Waals surface area contributed by atoms with E-state index in [-0.39, 0.29) is 6.09 Å². The summed E-state index contributed by atoms with van der Waals surface area (Å²) in [7, 11) is 0. The van der Waals surface area contributed by atoms with E-state index in [4.69, 9.17) is 10.5 Å². The number of amides is 1. The van der Waals surface area contributed by atoms with Gasteiger partial charge in [-0.2, -0.15) is 0 Å². The van der Waals surface area contributed by atoms with Crippen LogP contribution in [-0.4, -0.2) is 61.3 Å². The average molecular weight is 199 g/mol. The highest BCUT2D eigenvalue weighted by Gasteiger charge is 2.24. The van der Waals surface area contributed by atoms with Crippen molar-refractivity contribution < 1.29 is 9.53 Å². The highest BCUT2D eigenvalue weighted by Crippen LogP contribution is 2.08. The number of nitrogens with zero attached hydrogens (tertiary/aromatic N) is 2. The summed E-state index contributed by atoms with van der Waals surface area (Å²) in [4.78, 5) is 15.2. The Morgan fingerprint density at radius 3 is 2.86 bits per heavy atom. The zero-order valence-corrected chi connectivity index (χ0v) is 8.32. The van der Waals surface area contributed by atoms with Gasteiger partial charge in [0.05, 0.1) is 6.54 Å². The van der Waals surface area contributed by atoms with E-state index >= 15 is 0 Å². The molecule has 0 bridgehead atoms. The van der Waals surface area contributed by atoms with Crippen molar-refractivity contribution in [1.82, 2.24) is 9.80 Å². The fraction of sp³-hybridized carbons (Fsp3) is 0.889. The molecule has 0 aromatic heterocycles. The first-order valence-corrected chi connectivity index (χ1v) is 5.15. The molecule has 0 aliphatic carbocycles. The van der Waals surface area contributed by atoms with Crippen LogP contribution in [0, 0.1) is 0 Å². The van der Waals surface area contributed by atoms with E-state index in [2.05, 4.69) is 4.90 Å². The molecule has 2 fully saturated rings. The lowest BCUT2D eigenvalue weighted by Crippen LogP contribution is -2.35. The maximum atomic E-state index is 11.1. The Hall–Kier alpha value is -0.810. The monoisotopic (exact) mass is 199 g/mol. The molecule has 2 N–H and O–H groups in total. The third-order valence-corrected chi connectivity index (χ3v) is 2.84. The minimum absolute atomic E-state index is 0.173. The van der Waals surface area contributed by atoms with E-state index in [0.717, 1.165) is 39.1 Å². The number of ether oxygens (including phenoxy) is 1. The van der Waals surface area contributed by atoms with Crippen molar-refractivity contribution in [2.45, 2.75) is 12.5 Å². The molecule has 1 amide bonds. The highest BCUT2D eigenvalue weighted by molar-refractivity contribution is 5.69. The fourth-order valence-electron chi connectivity index (χ4n) is 1.96. The van der Waals surface area contributed by atoms with Gasteiger partial charge in [0.2, 0.25) is 0 Å². The number of rotatable bonds is 3. The normalized spacial score (nSPS) is 28.5. The molecule has 0 radical (unpaired) electrons. The van der Waals surface area contributed by atoms with Gasteiger partial charge in [0, 0.05) is 25.7 Å². The summed E-state index contributed by atoms with van der Waals surface area (Å²) in [5, 5.41) is 0. The largest absolute Gasteiger partial charge is 0.448 e. The second kappa shape index (κ2) is 4.14. The fourth-order valence-corrected chi connectivity index (χ4v) is 1.96. The van der Waals surface area contributed by atoms with Crippen LogP contribution < -0.4 is 5.73 Å². The topological polar surface area (TPSA) is 58.8 Å². The van der Waals surface area contributed by atoms with Gasteiger partial charge in [0.15, 0.2) is 0 Å². The third-order valence-electron chi connectivity index (χ3n) is 2.84. The van der Waals surface area contributed by atoms with Gasteiger partial charge in [-0.25, -0.2) is 4.79 Å². The number of carbonyl (C=O) groups excluding carboxylic acids is 1. The van der Waals surface area contributed by atoms with Crippen LogP contribution in [0.1, 0.15) is 6.42 Å². The van der Waals surface area contributed by atoms with Gasteiger partial charge in [-0.3, -0.25) is 4.90 Å². The minimum atomic E-state index is -0.173. The van der Waals surface area contributed by atoms with E-state index in [1.54, 1.807) is 4.90 Å². The predicted molar refractivity (Wildman–Crippen MR) is 52.0 cm³/mol. The van der Waals surface area contributed by atoms with Gasteiger partial charge >= 0.3 is 6.09 Å². The van der Waals surface area contributed by atoms with Gasteiger partial charge in [-0.1, -0.05) is 0 Å². The summed E-state index contributed by atoms with van der Waals surface area (Å²) < 4.78 is 4.85. The quantitative estimate of drug-likeness (QED) is 0.664. The Balaban J connectivity index is 1.69. The molecule has 2 aliphatic heterocycles. The number of hydrogen-bond acceptors (Lipinski definition) is 4. The standard InChI is InChI=1S/C9H17N3O2/c10-8-1-2-11(7-8)3-4-12-5-6-14-9(12)13/h8H,1-7,10H2/t8-/m1/s1. The third kappa shape index (κ3) is 2.16. The second-order valence-corrected chi connectivity index (χ2v) is 3.95. The molecule has 2 saturated heterocycles. The Morgan fingerprint density at radius 1 is 1.43 bits per heavy atom. The molecular formula is C9H17N3O2. The van der Waals surface area contributed by atoms with Crippen molar-refractivity contribution in [3.05, 3.63) is 0 Å². The summed E-state index contributed by atoms with van der Waals surface area (Å²) >= 11 is 0. The van der Waals surface area contributed by atoms with E-state index in [1.165, 1.54) is 0 Å². The molecule has 14 heavy (non-hydrogen) atoms. The molecule has 0 aromatic carbocycles. The molecule has 0 aromatic rings. The lowest BCUT2D eigenvalue weighted by atomic mass is 10.3. The smallest absolute Gasteiger partial charge is 0.409 e. The molecule has 2 heterocycles. The molecule has 80 valence electrons. The number of likely N-dealkylation sites (tertiary alicyclic amines) is 1. The van der Waals surface area contributed by atoms with Crippen molar-refractivity contribution in [2.75, 3.05) is 39.3 Å². The SMILES string of the molecule is N[C@@H]1CCN(CCN2CCOC2=O)C1. The number of carbonyl (C=O) groups is 1. The molecule has 1 atom stereocenters. The van der Waals surface area contributed by atoms with Gasteiger partial charge in [-0.15, -0.1) is 0 Å². The van der Waals surface area contributed by atoms with Crippen molar-refractivity contribution in [3.63, 3.8) is 0 Å². The molecule has 0 saturated carbocycles. The Labute approximate surface area is 83.8 Å². The summed E-state index contributed by atoms with van der Waals surface area (Å²) in [6, 6.07) is 0.320. The van der Waals surface area contributed by atoms with Crippen molar-refractivity contribution >= 4 is 6.09 Å². The van der Waals surface area contributed by atoms with Crippen LogP contribution in [0.3, 0.4) is 0 Å². The molecule has 0 spiro atoms. The van der Waals surface area contributed by atoms with Gasteiger partial charge in [0.25, 0.3) is 0 Å².